The van der Waals surface area contributed by atoms with Crippen molar-refractivity contribution in [1.82, 2.24) is 0 Å². The molecular weight excluding hydrogens is 416 g/mol. The van der Waals surface area contributed by atoms with Gasteiger partial charge in [0.15, 0.2) is 0 Å². The average molecular weight is 442 g/mol. The van der Waals surface area contributed by atoms with Gasteiger partial charge in [0, 0.05) is 10.9 Å². The van der Waals surface area contributed by atoms with Gasteiger partial charge < -0.3 is 25.1 Å². The minimum Gasteiger partial charge on any atom is -0.507 e. The SMILES string of the molecule is Oc1cc2ccccc2c2ccccc12.Oc1ccccc1-c1ccccc1.[CH3-].[CH3-].[Ti+2]. The van der Waals surface area contributed by atoms with E-state index in [2.05, 4.69) is 6.07 Å². The molecule has 0 heterocycles. The summed E-state index contributed by atoms with van der Waals surface area (Å²) in [5, 5.41) is 23.7. The van der Waals surface area contributed by atoms with Gasteiger partial charge >= 0.3 is 21.7 Å². The Hall–Kier alpha value is -3.07. The second kappa shape index (κ2) is 12.0. The summed E-state index contributed by atoms with van der Waals surface area (Å²) in [6.45, 7) is 0. The Kier molecular flexibility index (Phi) is 10.0. The molecule has 3 heteroatoms. The zero-order chi connectivity index (χ0) is 19.3. The fourth-order valence-electron chi connectivity index (χ4n) is 3.37. The molecule has 5 aromatic carbocycles. The zero-order valence-corrected chi connectivity index (χ0v) is 19.3. The molecule has 154 valence electrons. The van der Waals surface area contributed by atoms with Gasteiger partial charge in [-0.3, -0.25) is 0 Å². The first kappa shape index (κ1) is 26.0. The molecule has 5 aromatic rings. The van der Waals surface area contributed by atoms with E-state index in [1.165, 1.54) is 5.39 Å². The Bertz CT molecular complexity index is 1230. The summed E-state index contributed by atoms with van der Waals surface area (Å²) in [6.07, 6.45) is 0. The average Bonchev–Trinajstić information content (AvgIpc) is 2.75. The molecule has 5 rings (SSSR count). The molecule has 31 heavy (non-hydrogen) atoms. The maximum Gasteiger partial charge on any atom is 2.00 e. The Labute approximate surface area is 199 Å². The van der Waals surface area contributed by atoms with Crippen molar-refractivity contribution in [3.05, 3.63) is 124 Å². The van der Waals surface area contributed by atoms with Gasteiger partial charge in [-0.25, -0.2) is 0 Å². The van der Waals surface area contributed by atoms with Crippen LogP contribution in [0.25, 0.3) is 32.7 Å². The molecule has 0 atom stereocenters. The molecule has 0 bridgehead atoms. The van der Waals surface area contributed by atoms with Gasteiger partial charge in [0.1, 0.15) is 11.5 Å². The van der Waals surface area contributed by atoms with Gasteiger partial charge in [0.05, 0.1) is 0 Å². The molecular formula is C28H26O2Ti. The normalized spacial score (nSPS) is 9.42. The third-order valence-corrected chi connectivity index (χ3v) is 4.74. The van der Waals surface area contributed by atoms with Crippen molar-refractivity contribution >= 4 is 21.5 Å². The summed E-state index contributed by atoms with van der Waals surface area (Å²) in [5.41, 5.74) is 1.92. The van der Waals surface area contributed by atoms with Gasteiger partial charge in [-0.2, -0.15) is 0 Å². The van der Waals surface area contributed by atoms with Crippen molar-refractivity contribution in [3.8, 4) is 22.6 Å². The van der Waals surface area contributed by atoms with Crippen molar-refractivity contribution < 1.29 is 31.9 Å². The minimum absolute atomic E-state index is 0. The van der Waals surface area contributed by atoms with Crippen LogP contribution in [0.15, 0.2) is 109 Å². The molecule has 0 aliphatic heterocycles. The molecule has 0 aromatic heterocycles. The summed E-state index contributed by atoms with van der Waals surface area (Å²) in [4.78, 5) is 0. The number of hydrogen-bond acceptors (Lipinski definition) is 2. The van der Waals surface area contributed by atoms with Crippen LogP contribution >= 0.6 is 0 Å². The Morgan fingerprint density at radius 1 is 0.452 bits per heavy atom. The number of hydrogen-bond donors (Lipinski definition) is 2. The van der Waals surface area contributed by atoms with Crippen molar-refractivity contribution in [3.63, 3.8) is 0 Å². The van der Waals surface area contributed by atoms with Crippen LogP contribution in [0.4, 0.5) is 0 Å². The largest absolute Gasteiger partial charge is 2.00 e. The van der Waals surface area contributed by atoms with Crippen molar-refractivity contribution in [2.75, 3.05) is 0 Å². The second-order valence-corrected chi connectivity index (χ2v) is 6.55. The first-order valence-corrected chi connectivity index (χ1v) is 9.17. The summed E-state index contributed by atoms with van der Waals surface area (Å²) in [7, 11) is 0. The van der Waals surface area contributed by atoms with Crippen molar-refractivity contribution in [2.24, 2.45) is 0 Å². The third kappa shape index (κ3) is 5.76. The van der Waals surface area contributed by atoms with Crippen LogP contribution in [-0.4, -0.2) is 10.2 Å². The molecule has 0 aliphatic rings. The number of aromatic hydroxyl groups is 2. The smallest absolute Gasteiger partial charge is 0.507 e. The first-order valence-electron chi connectivity index (χ1n) is 9.17. The third-order valence-electron chi connectivity index (χ3n) is 4.74. The van der Waals surface area contributed by atoms with Crippen LogP contribution in [0, 0.1) is 14.9 Å². The molecule has 0 unspecified atom stereocenters. The van der Waals surface area contributed by atoms with E-state index >= 15 is 0 Å². The van der Waals surface area contributed by atoms with E-state index in [0.717, 1.165) is 27.3 Å². The predicted molar refractivity (Wildman–Crippen MR) is 129 cm³/mol. The zero-order valence-electron chi connectivity index (χ0n) is 17.8. The van der Waals surface area contributed by atoms with E-state index in [4.69, 9.17) is 0 Å². The van der Waals surface area contributed by atoms with E-state index in [9.17, 15) is 10.2 Å². The van der Waals surface area contributed by atoms with Gasteiger partial charge in [-0.1, -0.05) is 97.1 Å². The number of rotatable bonds is 1. The molecule has 0 saturated heterocycles. The molecule has 0 fully saturated rings. The van der Waals surface area contributed by atoms with Crippen LogP contribution in [0.3, 0.4) is 0 Å². The summed E-state index contributed by atoms with van der Waals surface area (Å²) in [5.74, 6) is 0.679. The quantitative estimate of drug-likeness (QED) is 0.159. The fourth-order valence-corrected chi connectivity index (χ4v) is 3.37. The summed E-state index contributed by atoms with van der Waals surface area (Å²) < 4.78 is 0. The fraction of sp³-hybridized carbons (Fsp3) is 0. The topological polar surface area (TPSA) is 40.5 Å². The Morgan fingerprint density at radius 3 is 1.65 bits per heavy atom. The molecule has 0 radical (unpaired) electrons. The molecule has 0 spiro atoms. The van der Waals surface area contributed by atoms with Crippen LogP contribution in [0.5, 0.6) is 11.5 Å². The maximum atomic E-state index is 9.87. The number of para-hydroxylation sites is 1. The van der Waals surface area contributed by atoms with Gasteiger partial charge in [0.2, 0.25) is 0 Å². The Morgan fingerprint density at radius 2 is 0.968 bits per heavy atom. The van der Waals surface area contributed by atoms with Crippen LogP contribution in [0.2, 0.25) is 0 Å². The van der Waals surface area contributed by atoms with E-state index in [1.54, 1.807) is 6.07 Å². The van der Waals surface area contributed by atoms with E-state index < -0.39 is 0 Å². The number of phenols is 2. The molecule has 0 amide bonds. The molecule has 2 nitrogen and oxygen atoms in total. The van der Waals surface area contributed by atoms with Gasteiger partial charge in [-0.05, 0) is 33.9 Å². The van der Waals surface area contributed by atoms with Crippen molar-refractivity contribution in [1.29, 1.82) is 0 Å². The monoisotopic (exact) mass is 442 g/mol. The molecule has 0 saturated carbocycles. The summed E-state index contributed by atoms with van der Waals surface area (Å²) >= 11 is 0. The summed E-state index contributed by atoms with van der Waals surface area (Å²) in [6, 6.07) is 35.0. The van der Waals surface area contributed by atoms with Gasteiger partial charge in [0.25, 0.3) is 0 Å². The van der Waals surface area contributed by atoms with Crippen molar-refractivity contribution in [2.45, 2.75) is 0 Å². The molecule has 2 N–H and O–H groups in total. The number of benzene rings is 5. The maximum absolute atomic E-state index is 9.87. The number of phenolic OH excluding ortho intramolecular Hbond substituents is 2. The van der Waals surface area contributed by atoms with Crippen LogP contribution < -0.4 is 0 Å². The predicted octanol–water partition coefficient (Wildman–Crippen LogP) is 7.66. The van der Waals surface area contributed by atoms with Crippen LogP contribution in [0.1, 0.15) is 0 Å². The second-order valence-electron chi connectivity index (χ2n) is 6.55. The van der Waals surface area contributed by atoms with Gasteiger partial charge in [-0.15, -0.1) is 0 Å². The van der Waals surface area contributed by atoms with E-state index in [-0.39, 0.29) is 36.6 Å². The van der Waals surface area contributed by atoms with E-state index in [0.29, 0.717) is 11.5 Å². The number of fused-ring (bicyclic) bond motifs is 3. The molecule has 0 aliphatic carbocycles. The van der Waals surface area contributed by atoms with Crippen LogP contribution in [-0.2, 0) is 21.7 Å². The van der Waals surface area contributed by atoms with E-state index in [1.807, 2.05) is 97.1 Å². The first-order chi connectivity index (χ1) is 13.7. The Balaban J connectivity index is 0.000000285. The standard InChI is InChI=1S/C14H10O.C12H10O.2CH3.Ti/c15-14-9-10-5-1-2-6-11(10)12-7-3-4-8-13(12)14;13-12-9-5-4-8-11(12)10-6-2-1-3-7-10;;;/h1-9,15H;1-9,13H;2*1H3;/q;;2*-1;+2. The minimum atomic E-state index is 0.